The van der Waals surface area contributed by atoms with Crippen LogP contribution < -0.4 is 0 Å². The first-order valence-corrected chi connectivity index (χ1v) is 5.10. The highest BCUT2D eigenvalue weighted by atomic mass is 16.3. The predicted molar refractivity (Wildman–Crippen MR) is 48.9 cm³/mol. The number of rotatable bonds is 3. The number of hydrogen-bond acceptors (Lipinski definition) is 2. The summed E-state index contributed by atoms with van der Waals surface area (Å²) < 4.78 is 0. The summed E-state index contributed by atoms with van der Waals surface area (Å²) >= 11 is 0. The van der Waals surface area contributed by atoms with Crippen molar-refractivity contribution in [2.75, 3.05) is 13.1 Å². The predicted octanol–water partition coefficient (Wildman–Crippen LogP) is 1.10. The zero-order valence-corrected chi connectivity index (χ0v) is 8.03. The molecule has 0 aromatic rings. The summed E-state index contributed by atoms with van der Waals surface area (Å²) in [5, 5.41) is 9.36. The molecule has 2 rings (SSSR count). The lowest BCUT2D eigenvalue weighted by Crippen LogP contribution is -2.54. The van der Waals surface area contributed by atoms with E-state index in [1.807, 2.05) is 6.92 Å². The lowest BCUT2D eigenvalue weighted by atomic mass is 9.92. The molecule has 1 aliphatic heterocycles. The second-order valence-corrected chi connectivity index (χ2v) is 4.53. The van der Waals surface area contributed by atoms with Gasteiger partial charge in [-0.05, 0) is 38.5 Å². The second-order valence-electron chi connectivity index (χ2n) is 4.53. The summed E-state index contributed by atoms with van der Waals surface area (Å²) in [6.45, 7) is 6.47. The minimum atomic E-state index is -0.176. The van der Waals surface area contributed by atoms with Crippen LogP contribution in [-0.4, -0.2) is 35.2 Å². The van der Waals surface area contributed by atoms with Gasteiger partial charge in [0.1, 0.15) is 0 Å². The molecule has 0 aromatic carbocycles. The monoisotopic (exact) mass is 169 g/mol. The molecule has 0 amide bonds. The summed E-state index contributed by atoms with van der Waals surface area (Å²) in [6.07, 6.45) is 2.74. The molecule has 12 heavy (non-hydrogen) atoms. The van der Waals surface area contributed by atoms with Crippen molar-refractivity contribution in [2.24, 2.45) is 11.8 Å². The van der Waals surface area contributed by atoms with Crippen molar-refractivity contribution in [1.82, 2.24) is 4.90 Å². The van der Waals surface area contributed by atoms with E-state index in [-0.39, 0.29) is 6.10 Å². The van der Waals surface area contributed by atoms with Gasteiger partial charge in [-0.3, -0.25) is 4.90 Å². The Labute approximate surface area is 74.6 Å². The fourth-order valence-electron chi connectivity index (χ4n) is 2.05. The van der Waals surface area contributed by atoms with Gasteiger partial charge < -0.3 is 5.11 Å². The average molecular weight is 169 g/mol. The lowest BCUT2D eigenvalue weighted by molar-refractivity contribution is -0.00813. The molecule has 1 aliphatic carbocycles. The van der Waals surface area contributed by atoms with E-state index in [4.69, 9.17) is 0 Å². The SMILES string of the molecule is CC(O)C(C)N1CC(C2CC2)C1. The Morgan fingerprint density at radius 2 is 1.75 bits per heavy atom. The highest BCUT2D eigenvalue weighted by Gasteiger charge is 2.41. The van der Waals surface area contributed by atoms with Crippen LogP contribution in [0.2, 0.25) is 0 Å². The van der Waals surface area contributed by atoms with Crippen molar-refractivity contribution >= 4 is 0 Å². The second kappa shape index (κ2) is 3.00. The molecule has 0 spiro atoms. The van der Waals surface area contributed by atoms with Crippen LogP contribution in [0.25, 0.3) is 0 Å². The van der Waals surface area contributed by atoms with E-state index in [0.717, 1.165) is 11.8 Å². The van der Waals surface area contributed by atoms with Crippen LogP contribution >= 0.6 is 0 Å². The summed E-state index contributed by atoms with van der Waals surface area (Å²) in [6, 6.07) is 0.361. The van der Waals surface area contributed by atoms with Crippen molar-refractivity contribution in [2.45, 2.75) is 38.8 Å². The Bertz CT molecular complexity index is 159. The number of likely N-dealkylation sites (tertiary alicyclic amines) is 1. The molecular formula is C10H19NO. The molecule has 0 bridgehead atoms. The Morgan fingerprint density at radius 3 is 2.17 bits per heavy atom. The Balaban J connectivity index is 1.72. The summed E-state index contributed by atoms with van der Waals surface area (Å²) in [7, 11) is 0. The molecule has 70 valence electrons. The van der Waals surface area contributed by atoms with Gasteiger partial charge in [0, 0.05) is 19.1 Å². The third kappa shape index (κ3) is 1.50. The zero-order valence-electron chi connectivity index (χ0n) is 8.03. The van der Waals surface area contributed by atoms with E-state index in [1.165, 1.54) is 25.9 Å². The molecule has 0 radical (unpaired) electrons. The van der Waals surface area contributed by atoms with Gasteiger partial charge in [-0.1, -0.05) is 0 Å². The smallest absolute Gasteiger partial charge is 0.0664 e. The maximum absolute atomic E-state index is 9.36. The van der Waals surface area contributed by atoms with Crippen LogP contribution in [0, 0.1) is 11.8 Å². The minimum Gasteiger partial charge on any atom is -0.392 e. The molecule has 2 atom stereocenters. The first-order valence-electron chi connectivity index (χ1n) is 5.10. The first kappa shape index (κ1) is 8.52. The molecule has 0 aromatic heterocycles. The average Bonchev–Trinajstić information content (AvgIpc) is 2.67. The maximum atomic E-state index is 9.36. The Kier molecular flexibility index (Phi) is 2.13. The van der Waals surface area contributed by atoms with E-state index < -0.39 is 0 Å². The van der Waals surface area contributed by atoms with Crippen LogP contribution in [0.5, 0.6) is 0 Å². The third-order valence-electron chi connectivity index (χ3n) is 3.50. The normalized spacial score (nSPS) is 31.2. The van der Waals surface area contributed by atoms with Gasteiger partial charge >= 0.3 is 0 Å². The quantitative estimate of drug-likeness (QED) is 0.684. The topological polar surface area (TPSA) is 23.5 Å². The van der Waals surface area contributed by atoms with Gasteiger partial charge in [0.05, 0.1) is 6.10 Å². The molecule has 1 N–H and O–H groups in total. The fraction of sp³-hybridized carbons (Fsp3) is 1.00. The van der Waals surface area contributed by atoms with Crippen molar-refractivity contribution in [3.05, 3.63) is 0 Å². The van der Waals surface area contributed by atoms with Gasteiger partial charge in [0.2, 0.25) is 0 Å². The lowest BCUT2D eigenvalue weighted by Gasteiger charge is -2.44. The van der Waals surface area contributed by atoms with Gasteiger partial charge in [0.15, 0.2) is 0 Å². The van der Waals surface area contributed by atoms with Crippen molar-refractivity contribution in [1.29, 1.82) is 0 Å². The van der Waals surface area contributed by atoms with Crippen LogP contribution in [-0.2, 0) is 0 Å². The number of hydrogen-bond donors (Lipinski definition) is 1. The van der Waals surface area contributed by atoms with Crippen LogP contribution in [0.15, 0.2) is 0 Å². The van der Waals surface area contributed by atoms with Crippen molar-refractivity contribution < 1.29 is 5.11 Å². The van der Waals surface area contributed by atoms with Gasteiger partial charge in [-0.15, -0.1) is 0 Å². The summed E-state index contributed by atoms with van der Waals surface area (Å²) in [5.74, 6) is 2.01. The van der Waals surface area contributed by atoms with Crippen molar-refractivity contribution in [3.8, 4) is 0 Å². The maximum Gasteiger partial charge on any atom is 0.0664 e. The molecular weight excluding hydrogens is 150 g/mol. The molecule has 1 saturated carbocycles. The number of nitrogens with zero attached hydrogens (tertiary/aromatic N) is 1. The van der Waals surface area contributed by atoms with Crippen molar-refractivity contribution in [3.63, 3.8) is 0 Å². The molecule has 2 unspecified atom stereocenters. The zero-order chi connectivity index (χ0) is 8.72. The van der Waals surface area contributed by atoms with E-state index >= 15 is 0 Å². The molecule has 1 saturated heterocycles. The Hall–Kier alpha value is -0.0800. The minimum absolute atomic E-state index is 0.176. The number of aliphatic hydroxyl groups excluding tert-OH is 1. The fourth-order valence-corrected chi connectivity index (χ4v) is 2.05. The standard InChI is InChI=1S/C10H19NO/c1-7(8(2)12)11-5-10(6-11)9-3-4-9/h7-10,12H,3-6H2,1-2H3. The highest BCUT2D eigenvalue weighted by molar-refractivity contribution is 4.93. The first-order chi connectivity index (χ1) is 5.68. The van der Waals surface area contributed by atoms with Crippen LogP contribution in [0.1, 0.15) is 26.7 Å². The highest BCUT2D eigenvalue weighted by Crippen LogP contribution is 2.41. The van der Waals surface area contributed by atoms with E-state index in [2.05, 4.69) is 11.8 Å². The molecule has 2 heteroatoms. The molecule has 2 fully saturated rings. The third-order valence-corrected chi connectivity index (χ3v) is 3.50. The summed E-state index contributed by atoms with van der Waals surface area (Å²) in [5.41, 5.74) is 0. The van der Waals surface area contributed by atoms with Crippen LogP contribution in [0.4, 0.5) is 0 Å². The van der Waals surface area contributed by atoms with Crippen LogP contribution in [0.3, 0.4) is 0 Å². The van der Waals surface area contributed by atoms with E-state index in [0.29, 0.717) is 6.04 Å². The Morgan fingerprint density at radius 1 is 1.17 bits per heavy atom. The van der Waals surface area contributed by atoms with Gasteiger partial charge in [-0.2, -0.15) is 0 Å². The largest absolute Gasteiger partial charge is 0.392 e. The van der Waals surface area contributed by atoms with E-state index in [9.17, 15) is 5.11 Å². The molecule has 2 nitrogen and oxygen atoms in total. The number of aliphatic hydroxyl groups is 1. The van der Waals surface area contributed by atoms with E-state index in [1.54, 1.807) is 0 Å². The van der Waals surface area contributed by atoms with Gasteiger partial charge in [0.25, 0.3) is 0 Å². The molecule has 2 aliphatic rings. The molecule has 1 heterocycles. The summed E-state index contributed by atoms with van der Waals surface area (Å²) in [4.78, 5) is 2.40. The van der Waals surface area contributed by atoms with Gasteiger partial charge in [-0.25, -0.2) is 0 Å².